The van der Waals surface area contributed by atoms with Gasteiger partial charge in [0.25, 0.3) is 0 Å². The Kier molecular flexibility index (Phi) is 9.22. The van der Waals surface area contributed by atoms with Crippen molar-refractivity contribution in [2.45, 2.75) is 69.5 Å². The topological polar surface area (TPSA) is 173 Å². The van der Waals surface area contributed by atoms with E-state index < -0.39 is 72.5 Å². The first-order valence-corrected chi connectivity index (χ1v) is 14.1. The van der Waals surface area contributed by atoms with Crippen LogP contribution in [0.25, 0.3) is 11.3 Å². The standard InChI is InChI=1S/C28H32F3N5O8/c1-13(2)27(39)43-26-21(10-16-9-20(44-33-16)14-3-5-35(6-4-14)28(40)41)42-22(12-37)25(38)24(26)36-11-19(32-34-36)15-7-17(29)23(31)18(30)8-15/h7-9,11,13-14,21-22,24-26,37-38H,3-6,10,12H2,1-2H3,(H,40,41)/t21-,22-,24+,25+,26+/m1/s1. The Morgan fingerprint density at radius 1 is 1.11 bits per heavy atom. The number of ether oxygens (including phenoxy) is 2. The van der Waals surface area contributed by atoms with E-state index in [0.717, 1.165) is 16.8 Å². The van der Waals surface area contributed by atoms with Crippen molar-refractivity contribution in [1.29, 1.82) is 0 Å². The number of halogens is 3. The number of aliphatic hydroxyl groups excluding tert-OH is 2. The number of hydrogen-bond donors (Lipinski definition) is 3. The van der Waals surface area contributed by atoms with Gasteiger partial charge in [-0.2, -0.15) is 0 Å². The van der Waals surface area contributed by atoms with Crippen molar-refractivity contribution in [2.24, 2.45) is 5.92 Å². The molecule has 2 aliphatic heterocycles. The minimum absolute atomic E-state index is 0.0309. The molecule has 13 nitrogen and oxygen atoms in total. The van der Waals surface area contributed by atoms with Gasteiger partial charge < -0.3 is 34.2 Å². The summed E-state index contributed by atoms with van der Waals surface area (Å²) in [7, 11) is 0. The number of aliphatic hydroxyl groups is 2. The van der Waals surface area contributed by atoms with Crippen molar-refractivity contribution >= 4 is 12.1 Å². The molecule has 2 aliphatic rings. The summed E-state index contributed by atoms with van der Waals surface area (Å²) >= 11 is 0. The molecule has 3 aromatic rings. The molecule has 0 unspecified atom stereocenters. The summed E-state index contributed by atoms with van der Waals surface area (Å²) in [6.45, 7) is 3.33. The molecule has 0 spiro atoms. The molecular weight excluding hydrogens is 591 g/mol. The van der Waals surface area contributed by atoms with Gasteiger partial charge in [0.05, 0.1) is 24.4 Å². The van der Waals surface area contributed by atoms with E-state index in [-0.39, 0.29) is 23.6 Å². The van der Waals surface area contributed by atoms with Crippen molar-refractivity contribution in [3.63, 3.8) is 0 Å². The van der Waals surface area contributed by atoms with Crippen LogP contribution in [0.2, 0.25) is 0 Å². The smallest absolute Gasteiger partial charge is 0.407 e. The summed E-state index contributed by atoms with van der Waals surface area (Å²) < 4.78 is 59.9. The van der Waals surface area contributed by atoms with Crippen LogP contribution >= 0.6 is 0 Å². The molecule has 44 heavy (non-hydrogen) atoms. The molecule has 2 fully saturated rings. The molecule has 0 aliphatic carbocycles. The number of rotatable bonds is 8. The van der Waals surface area contributed by atoms with E-state index in [4.69, 9.17) is 14.0 Å². The fraction of sp³-hybridized carbons (Fsp3) is 0.536. The lowest BCUT2D eigenvalue weighted by molar-refractivity contribution is -0.220. The molecule has 4 heterocycles. The van der Waals surface area contributed by atoms with E-state index in [1.807, 2.05) is 0 Å². The number of carbonyl (C=O) groups is 2. The first-order chi connectivity index (χ1) is 21.0. The molecular formula is C28H32F3N5O8. The maximum Gasteiger partial charge on any atom is 0.407 e. The molecule has 5 rings (SSSR count). The van der Waals surface area contributed by atoms with E-state index in [0.29, 0.717) is 37.4 Å². The van der Waals surface area contributed by atoms with Gasteiger partial charge in [0.2, 0.25) is 0 Å². The van der Waals surface area contributed by atoms with E-state index >= 15 is 0 Å². The van der Waals surface area contributed by atoms with Gasteiger partial charge in [-0.25, -0.2) is 22.6 Å². The quantitative estimate of drug-likeness (QED) is 0.249. The molecule has 3 N–H and O–H groups in total. The Hall–Kier alpha value is -4.02. The lowest BCUT2D eigenvalue weighted by Gasteiger charge is -2.43. The summed E-state index contributed by atoms with van der Waals surface area (Å²) in [5.41, 5.74) is 0.256. The number of amides is 1. The number of likely N-dealkylation sites (tertiary alicyclic amines) is 1. The third-order valence-electron chi connectivity index (χ3n) is 7.94. The zero-order chi connectivity index (χ0) is 31.7. The Morgan fingerprint density at radius 2 is 1.80 bits per heavy atom. The first-order valence-electron chi connectivity index (χ1n) is 14.1. The lowest BCUT2D eigenvalue weighted by atomic mass is 9.89. The average Bonchev–Trinajstić information content (AvgIpc) is 3.67. The van der Waals surface area contributed by atoms with Crippen LogP contribution < -0.4 is 0 Å². The van der Waals surface area contributed by atoms with Crippen LogP contribution in [0.15, 0.2) is 28.9 Å². The van der Waals surface area contributed by atoms with Gasteiger partial charge in [-0.05, 0) is 25.0 Å². The Labute approximate surface area is 249 Å². The predicted molar refractivity (Wildman–Crippen MR) is 143 cm³/mol. The Morgan fingerprint density at radius 3 is 2.41 bits per heavy atom. The van der Waals surface area contributed by atoms with Crippen LogP contribution in [-0.2, 0) is 20.7 Å². The normalized spacial score (nSPS) is 24.5. The highest BCUT2D eigenvalue weighted by molar-refractivity contribution is 5.71. The van der Waals surface area contributed by atoms with Gasteiger partial charge in [0.1, 0.15) is 35.8 Å². The minimum Gasteiger partial charge on any atom is -0.465 e. The SMILES string of the molecule is CC(C)C(=O)O[C@@H]1[C@@H](n2cc(-c3cc(F)c(F)c(F)c3)nn2)[C@@H](O)[C@@H](CO)O[C@@H]1Cc1cc(C2CCN(C(=O)O)CC2)on1. The monoisotopic (exact) mass is 623 g/mol. The zero-order valence-electron chi connectivity index (χ0n) is 23.8. The molecule has 16 heteroatoms. The molecule has 1 aromatic carbocycles. The molecule has 5 atom stereocenters. The van der Waals surface area contributed by atoms with Gasteiger partial charge in [-0.15, -0.1) is 5.10 Å². The molecule has 0 radical (unpaired) electrons. The van der Waals surface area contributed by atoms with E-state index in [9.17, 15) is 38.1 Å². The Bertz CT molecular complexity index is 1470. The number of benzene rings is 1. The number of esters is 1. The van der Waals surface area contributed by atoms with Crippen molar-refractivity contribution in [1.82, 2.24) is 25.1 Å². The highest BCUT2D eigenvalue weighted by Crippen LogP contribution is 2.36. The van der Waals surface area contributed by atoms with Crippen LogP contribution in [0.3, 0.4) is 0 Å². The van der Waals surface area contributed by atoms with E-state index in [1.165, 1.54) is 11.1 Å². The number of carbonyl (C=O) groups excluding carboxylic acids is 1. The zero-order valence-corrected chi connectivity index (χ0v) is 23.8. The molecule has 2 aromatic heterocycles. The van der Waals surface area contributed by atoms with Crippen LogP contribution in [0.1, 0.15) is 50.1 Å². The predicted octanol–water partition coefficient (Wildman–Crippen LogP) is 2.68. The average molecular weight is 624 g/mol. The molecule has 2 saturated heterocycles. The van der Waals surface area contributed by atoms with Crippen LogP contribution in [-0.4, -0.2) is 96.5 Å². The number of carboxylic acid groups (broad SMARTS) is 1. The second-order valence-electron chi connectivity index (χ2n) is 11.2. The maximum atomic E-state index is 13.9. The minimum atomic E-state index is -1.64. The van der Waals surface area contributed by atoms with Gasteiger partial charge >= 0.3 is 12.1 Å². The lowest BCUT2D eigenvalue weighted by Crippen LogP contribution is -2.58. The van der Waals surface area contributed by atoms with E-state index in [2.05, 4.69) is 15.5 Å². The highest BCUT2D eigenvalue weighted by atomic mass is 19.2. The summed E-state index contributed by atoms with van der Waals surface area (Å²) in [5.74, 6) is -5.16. The third kappa shape index (κ3) is 6.42. The number of nitrogens with zero attached hydrogens (tertiary/aromatic N) is 5. The van der Waals surface area contributed by atoms with Crippen LogP contribution in [0.4, 0.5) is 18.0 Å². The van der Waals surface area contributed by atoms with Gasteiger partial charge in [-0.1, -0.05) is 24.2 Å². The summed E-state index contributed by atoms with van der Waals surface area (Å²) in [4.78, 5) is 25.4. The summed E-state index contributed by atoms with van der Waals surface area (Å²) in [6.07, 6.45) is -3.39. The fourth-order valence-corrected chi connectivity index (χ4v) is 5.49. The van der Waals surface area contributed by atoms with Crippen LogP contribution in [0, 0.1) is 23.4 Å². The molecule has 1 amide bonds. The van der Waals surface area contributed by atoms with Gasteiger partial charge in [-0.3, -0.25) is 4.79 Å². The van der Waals surface area contributed by atoms with E-state index in [1.54, 1.807) is 19.9 Å². The Balaban J connectivity index is 1.43. The van der Waals surface area contributed by atoms with Crippen molar-refractivity contribution in [3.05, 3.63) is 53.3 Å². The fourth-order valence-electron chi connectivity index (χ4n) is 5.49. The number of aromatic nitrogens is 4. The van der Waals surface area contributed by atoms with Crippen molar-refractivity contribution < 1.29 is 52.1 Å². The molecule has 0 saturated carbocycles. The maximum absolute atomic E-state index is 13.9. The highest BCUT2D eigenvalue weighted by Gasteiger charge is 2.49. The third-order valence-corrected chi connectivity index (χ3v) is 7.94. The second-order valence-corrected chi connectivity index (χ2v) is 11.2. The molecule has 0 bridgehead atoms. The first kappa shape index (κ1) is 31.4. The largest absolute Gasteiger partial charge is 0.465 e. The number of hydrogen-bond acceptors (Lipinski definition) is 10. The second kappa shape index (κ2) is 12.9. The van der Waals surface area contributed by atoms with Gasteiger partial charge in [0, 0.05) is 37.1 Å². The van der Waals surface area contributed by atoms with Crippen molar-refractivity contribution in [3.8, 4) is 11.3 Å². The summed E-state index contributed by atoms with van der Waals surface area (Å²) in [5, 5.41) is 42.5. The summed E-state index contributed by atoms with van der Waals surface area (Å²) in [6, 6.07) is 2.04. The molecule has 238 valence electrons. The van der Waals surface area contributed by atoms with Crippen molar-refractivity contribution in [2.75, 3.05) is 19.7 Å². The number of piperidine rings is 1. The van der Waals surface area contributed by atoms with Gasteiger partial charge in [0.15, 0.2) is 23.6 Å². The van der Waals surface area contributed by atoms with Crippen LogP contribution in [0.5, 0.6) is 0 Å².